The molecule has 0 aliphatic carbocycles. The first kappa shape index (κ1) is 31.5. The van der Waals surface area contributed by atoms with Crippen molar-refractivity contribution in [1.82, 2.24) is 4.57 Å². The van der Waals surface area contributed by atoms with Gasteiger partial charge in [0.2, 0.25) is 0 Å². The summed E-state index contributed by atoms with van der Waals surface area (Å²) in [5.74, 6) is -1.64. The van der Waals surface area contributed by atoms with Crippen LogP contribution in [0, 0.1) is 5.82 Å². The van der Waals surface area contributed by atoms with E-state index in [0.29, 0.717) is 28.1 Å². The molecular weight excluding hydrogens is 551 g/mol. The van der Waals surface area contributed by atoms with Gasteiger partial charge in [-0.15, -0.1) is 0 Å². The first-order valence-corrected chi connectivity index (χ1v) is 14.2. The number of rotatable bonds is 12. The Morgan fingerprint density at radius 2 is 1.56 bits per heavy atom. The van der Waals surface area contributed by atoms with E-state index in [4.69, 9.17) is 0 Å². The van der Waals surface area contributed by atoms with E-state index in [9.17, 15) is 29.3 Å². The second-order valence-corrected chi connectivity index (χ2v) is 10.7. The van der Waals surface area contributed by atoms with Crippen LogP contribution in [-0.2, 0) is 16.1 Å². The SMILES string of the molecule is COC(=O)C[C@H](O)C[C@H](O)CCn1c(-c2ccc(F)cc2)c(-c2ccccc2)c(C(=O)Nc2ccccc2O)c1C(C)C. The zero-order chi connectivity index (χ0) is 31.1. The number of aromatic hydroxyl groups is 1. The Labute approximate surface area is 250 Å². The number of phenolic OH excluding ortho intramolecular Hbond substituents is 1. The lowest BCUT2D eigenvalue weighted by Gasteiger charge is -2.20. The Bertz CT molecular complexity index is 1550. The van der Waals surface area contributed by atoms with Crippen LogP contribution in [0.4, 0.5) is 10.1 Å². The molecule has 226 valence electrons. The molecule has 9 heteroatoms. The summed E-state index contributed by atoms with van der Waals surface area (Å²) in [4.78, 5) is 25.7. The molecule has 1 heterocycles. The summed E-state index contributed by atoms with van der Waals surface area (Å²) >= 11 is 0. The van der Waals surface area contributed by atoms with Gasteiger partial charge in [-0.05, 0) is 66.3 Å². The number of phenols is 1. The summed E-state index contributed by atoms with van der Waals surface area (Å²) in [5.41, 5.74) is 4.07. The van der Waals surface area contributed by atoms with Gasteiger partial charge in [0.05, 0.1) is 42.7 Å². The third kappa shape index (κ3) is 7.49. The Morgan fingerprint density at radius 3 is 2.19 bits per heavy atom. The van der Waals surface area contributed by atoms with Gasteiger partial charge < -0.3 is 29.9 Å². The number of amides is 1. The number of aliphatic hydroxyl groups is 2. The number of anilines is 1. The average Bonchev–Trinajstić information content (AvgIpc) is 3.33. The number of hydrogen-bond donors (Lipinski definition) is 4. The zero-order valence-electron chi connectivity index (χ0n) is 24.5. The number of halogens is 1. The van der Waals surface area contributed by atoms with E-state index >= 15 is 0 Å². The van der Waals surface area contributed by atoms with Crippen molar-refractivity contribution in [1.29, 1.82) is 0 Å². The summed E-state index contributed by atoms with van der Waals surface area (Å²) in [6.45, 7) is 4.18. The molecule has 2 atom stereocenters. The molecule has 0 saturated carbocycles. The summed E-state index contributed by atoms with van der Waals surface area (Å²) in [5, 5.41) is 34.4. The molecular formula is C34H37FN2O6. The van der Waals surface area contributed by atoms with E-state index in [0.717, 1.165) is 5.56 Å². The molecule has 0 radical (unpaired) electrons. The van der Waals surface area contributed by atoms with E-state index in [1.165, 1.54) is 25.3 Å². The van der Waals surface area contributed by atoms with E-state index in [-0.39, 0.29) is 43.2 Å². The topological polar surface area (TPSA) is 121 Å². The number of aromatic nitrogens is 1. The van der Waals surface area contributed by atoms with Gasteiger partial charge in [0, 0.05) is 17.8 Å². The summed E-state index contributed by atoms with van der Waals surface area (Å²) < 4.78 is 20.6. The van der Waals surface area contributed by atoms with Crippen molar-refractivity contribution >= 4 is 17.6 Å². The lowest BCUT2D eigenvalue weighted by molar-refractivity contribution is -0.143. The van der Waals surface area contributed by atoms with Gasteiger partial charge in [0.1, 0.15) is 11.6 Å². The number of carbonyl (C=O) groups excluding carboxylic acids is 2. The number of nitrogens with one attached hydrogen (secondary N) is 1. The first-order valence-electron chi connectivity index (χ1n) is 14.2. The first-order chi connectivity index (χ1) is 20.6. The van der Waals surface area contributed by atoms with Crippen LogP contribution in [0.25, 0.3) is 22.4 Å². The largest absolute Gasteiger partial charge is 0.506 e. The minimum absolute atomic E-state index is 0.0363. The van der Waals surface area contributed by atoms with Crippen molar-refractivity contribution in [2.24, 2.45) is 0 Å². The Kier molecular flexibility index (Phi) is 10.3. The molecule has 0 bridgehead atoms. The fourth-order valence-electron chi connectivity index (χ4n) is 5.33. The minimum atomic E-state index is -1.08. The number of para-hydroxylation sites is 2. The number of carbonyl (C=O) groups is 2. The predicted octanol–water partition coefficient (Wildman–Crippen LogP) is 6.11. The van der Waals surface area contributed by atoms with Crippen molar-refractivity contribution in [2.45, 2.75) is 57.8 Å². The molecule has 0 spiro atoms. The Morgan fingerprint density at radius 1 is 0.907 bits per heavy atom. The van der Waals surface area contributed by atoms with Gasteiger partial charge in [-0.1, -0.05) is 56.3 Å². The number of nitrogens with zero attached hydrogens (tertiary/aromatic N) is 1. The van der Waals surface area contributed by atoms with Crippen molar-refractivity contribution in [3.63, 3.8) is 0 Å². The number of hydrogen-bond acceptors (Lipinski definition) is 6. The van der Waals surface area contributed by atoms with Crippen molar-refractivity contribution < 1.29 is 34.0 Å². The molecule has 0 aliphatic heterocycles. The van der Waals surface area contributed by atoms with Crippen molar-refractivity contribution in [3.8, 4) is 28.1 Å². The number of benzene rings is 3. The highest BCUT2D eigenvalue weighted by molar-refractivity contribution is 6.13. The minimum Gasteiger partial charge on any atom is -0.506 e. The molecule has 4 N–H and O–H groups in total. The van der Waals surface area contributed by atoms with E-state index in [1.54, 1.807) is 30.3 Å². The van der Waals surface area contributed by atoms with Gasteiger partial charge in [-0.3, -0.25) is 9.59 Å². The smallest absolute Gasteiger partial charge is 0.308 e. The van der Waals surface area contributed by atoms with Crippen LogP contribution in [0.5, 0.6) is 5.75 Å². The fourth-order valence-corrected chi connectivity index (χ4v) is 5.33. The predicted molar refractivity (Wildman–Crippen MR) is 163 cm³/mol. The summed E-state index contributed by atoms with van der Waals surface area (Å²) in [6, 6.07) is 21.9. The third-order valence-electron chi connectivity index (χ3n) is 7.27. The molecule has 0 saturated heterocycles. The average molecular weight is 589 g/mol. The molecule has 0 unspecified atom stereocenters. The standard InChI is InChI=1S/C34H37FN2O6/c1-21(2)32-31(34(42)36-27-11-7-8-12-28(27)40)30(22-9-5-4-6-10-22)33(23-13-15-24(35)16-14-23)37(32)18-17-25(38)19-26(39)20-29(41)43-3/h4-16,21,25-26,38-40H,17-20H2,1-3H3,(H,36,42)/t25-,26-/m1/s1. The summed E-state index contributed by atoms with van der Waals surface area (Å²) in [7, 11) is 1.24. The molecule has 3 aromatic carbocycles. The molecule has 8 nitrogen and oxygen atoms in total. The van der Waals surface area contributed by atoms with E-state index in [2.05, 4.69) is 10.1 Å². The molecule has 4 aromatic rings. The fraction of sp³-hybridized carbons (Fsp3) is 0.294. The van der Waals surface area contributed by atoms with Crippen molar-refractivity contribution in [2.75, 3.05) is 12.4 Å². The van der Waals surface area contributed by atoms with Gasteiger partial charge in [0.25, 0.3) is 5.91 Å². The van der Waals surface area contributed by atoms with Crippen LogP contribution in [0.15, 0.2) is 78.9 Å². The van der Waals surface area contributed by atoms with Gasteiger partial charge in [0.15, 0.2) is 0 Å². The Hall–Kier alpha value is -4.47. The highest BCUT2D eigenvalue weighted by Crippen LogP contribution is 2.43. The maximum absolute atomic E-state index is 14.1. The maximum Gasteiger partial charge on any atom is 0.308 e. The van der Waals surface area contributed by atoms with Crippen LogP contribution in [0.3, 0.4) is 0 Å². The normalized spacial score (nSPS) is 12.6. The van der Waals surface area contributed by atoms with Crippen LogP contribution in [0.2, 0.25) is 0 Å². The zero-order valence-corrected chi connectivity index (χ0v) is 24.5. The summed E-state index contributed by atoms with van der Waals surface area (Å²) in [6.07, 6.45) is -2.10. The van der Waals surface area contributed by atoms with Crippen LogP contribution >= 0.6 is 0 Å². The van der Waals surface area contributed by atoms with Gasteiger partial charge in [-0.25, -0.2) is 4.39 Å². The second-order valence-electron chi connectivity index (χ2n) is 10.7. The quantitative estimate of drug-likeness (QED) is 0.117. The van der Waals surface area contributed by atoms with E-state index in [1.807, 2.05) is 48.7 Å². The van der Waals surface area contributed by atoms with Crippen molar-refractivity contribution in [3.05, 3.63) is 95.9 Å². The molecule has 43 heavy (non-hydrogen) atoms. The number of aliphatic hydroxyl groups excluding tert-OH is 2. The molecule has 0 aliphatic rings. The Balaban J connectivity index is 1.88. The lowest BCUT2D eigenvalue weighted by atomic mass is 9.94. The molecule has 4 rings (SSSR count). The monoisotopic (exact) mass is 588 g/mol. The van der Waals surface area contributed by atoms with Crippen LogP contribution in [-0.4, -0.2) is 51.1 Å². The molecule has 0 fully saturated rings. The highest BCUT2D eigenvalue weighted by Gasteiger charge is 2.31. The van der Waals surface area contributed by atoms with E-state index < -0.39 is 29.9 Å². The second kappa shape index (κ2) is 14.1. The maximum atomic E-state index is 14.1. The number of ether oxygens (including phenoxy) is 1. The highest BCUT2D eigenvalue weighted by atomic mass is 19.1. The lowest BCUT2D eigenvalue weighted by Crippen LogP contribution is -2.23. The third-order valence-corrected chi connectivity index (χ3v) is 7.27. The molecule has 1 amide bonds. The van der Waals surface area contributed by atoms with Crippen LogP contribution < -0.4 is 5.32 Å². The van der Waals surface area contributed by atoms with Gasteiger partial charge in [-0.2, -0.15) is 0 Å². The van der Waals surface area contributed by atoms with Gasteiger partial charge >= 0.3 is 5.97 Å². The number of esters is 1. The number of methoxy groups -OCH3 is 1. The molecule has 1 aromatic heterocycles. The van der Waals surface area contributed by atoms with Crippen LogP contribution in [0.1, 0.15) is 55.1 Å².